The monoisotopic (exact) mass is 525 g/mol. The zero-order valence-electron chi connectivity index (χ0n) is 19.7. The van der Waals surface area contributed by atoms with Gasteiger partial charge in [-0.1, -0.05) is 13.0 Å². The van der Waals surface area contributed by atoms with Gasteiger partial charge in [0.05, 0.1) is 11.4 Å². The lowest BCUT2D eigenvalue weighted by molar-refractivity contribution is 0.0731. The first-order valence-corrected chi connectivity index (χ1v) is 14.2. The maximum absolute atomic E-state index is 15.0. The van der Waals surface area contributed by atoms with Crippen LogP contribution in [0.5, 0.6) is 5.75 Å². The molecule has 5 rings (SSSR count). The van der Waals surface area contributed by atoms with E-state index >= 15 is 4.39 Å². The highest BCUT2D eigenvalue weighted by Gasteiger charge is 2.27. The van der Waals surface area contributed by atoms with Gasteiger partial charge in [-0.2, -0.15) is 0 Å². The molecule has 36 heavy (non-hydrogen) atoms. The Kier molecular flexibility index (Phi) is 6.40. The Morgan fingerprint density at radius 3 is 2.78 bits per heavy atom. The standard InChI is InChI=1S/C26H24FN3O4S2/c1-3-19-20(5-7-23(24(19)27)36(2,32)33)26(31)30-10-11-34-21-6-4-16(12-17(21)14-30)18-13-22(35-15-18)25-28-8-9-29-25/h4-9,12-13,15H,3,10-11,14H2,1-2H3,(H,28,29). The van der Waals surface area contributed by atoms with Crippen molar-refractivity contribution in [2.24, 2.45) is 0 Å². The fourth-order valence-corrected chi connectivity index (χ4v) is 6.00. The molecule has 4 aromatic rings. The van der Waals surface area contributed by atoms with Crippen molar-refractivity contribution >= 4 is 27.1 Å². The number of hydrogen-bond acceptors (Lipinski definition) is 6. The van der Waals surface area contributed by atoms with E-state index in [0.29, 0.717) is 18.9 Å². The van der Waals surface area contributed by atoms with Crippen molar-refractivity contribution < 1.29 is 22.3 Å². The minimum atomic E-state index is -3.75. The van der Waals surface area contributed by atoms with Gasteiger partial charge in [0.1, 0.15) is 28.9 Å². The van der Waals surface area contributed by atoms with Gasteiger partial charge in [0.25, 0.3) is 5.91 Å². The molecule has 1 aliphatic heterocycles. The summed E-state index contributed by atoms with van der Waals surface area (Å²) in [6.07, 6.45) is 4.64. The number of imidazole rings is 1. The maximum atomic E-state index is 15.0. The summed E-state index contributed by atoms with van der Waals surface area (Å²) in [7, 11) is -3.75. The van der Waals surface area contributed by atoms with Crippen molar-refractivity contribution in [3.05, 3.63) is 76.7 Å². The first-order valence-electron chi connectivity index (χ1n) is 11.4. The molecule has 2 aromatic heterocycles. The molecule has 2 aromatic carbocycles. The van der Waals surface area contributed by atoms with Gasteiger partial charge in [0.2, 0.25) is 0 Å². The number of rotatable bonds is 5. The number of carbonyl (C=O) groups excluding carboxylic acids is 1. The fourth-order valence-electron chi connectivity index (χ4n) is 4.36. The number of nitrogens with zero attached hydrogens (tertiary/aromatic N) is 2. The van der Waals surface area contributed by atoms with Gasteiger partial charge in [0.15, 0.2) is 9.84 Å². The van der Waals surface area contributed by atoms with Crippen molar-refractivity contribution in [2.75, 3.05) is 19.4 Å². The molecule has 0 saturated carbocycles. The number of aromatic amines is 1. The zero-order chi connectivity index (χ0) is 25.4. The molecule has 1 N–H and O–H groups in total. The molecule has 0 spiro atoms. The first-order chi connectivity index (χ1) is 17.3. The molecule has 0 saturated heterocycles. The minimum Gasteiger partial charge on any atom is -0.491 e. The highest BCUT2D eigenvalue weighted by atomic mass is 32.2. The van der Waals surface area contributed by atoms with Crippen molar-refractivity contribution in [1.82, 2.24) is 14.9 Å². The van der Waals surface area contributed by atoms with Crippen LogP contribution in [0.15, 0.2) is 59.1 Å². The first kappa shape index (κ1) is 24.2. The van der Waals surface area contributed by atoms with E-state index in [4.69, 9.17) is 4.74 Å². The highest BCUT2D eigenvalue weighted by Crippen LogP contribution is 2.34. The predicted molar refractivity (Wildman–Crippen MR) is 136 cm³/mol. The second-order valence-corrected chi connectivity index (χ2v) is 11.5. The van der Waals surface area contributed by atoms with E-state index in [0.717, 1.165) is 33.6 Å². The molecule has 0 fully saturated rings. The third kappa shape index (κ3) is 4.54. The van der Waals surface area contributed by atoms with Crippen LogP contribution in [-0.4, -0.2) is 48.6 Å². The number of carbonyl (C=O) groups is 1. The molecule has 3 heterocycles. The van der Waals surface area contributed by atoms with Gasteiger partial charge < -0.3 is 14.6 Å². The van der Waals surface area contributed by atoms with E-state index in [1.165, 1.54) is 12.1 Å². The molecule has 0 aliphatic carbocycles. The fraction of sp³-hybridized carbons (Fsp3) is 0.231. The van der Waals surface area contributed by atoms with Gasteiger partial charge in [-0.15, -0.1) is 11.3 Å². The van der Waals surface area contributed by atoms with Crippen LogP contribution in [-0.2, 0) is 22.8 Å². The molecule has 186 valence electrons. The lowest BCUT2D eigenvalue weighted by atomic mass is 10.0. The quantitative estimate of drug-likeness (QED) is 0.398. The number of fused-ring (bicyclic) bond motifs is 1. The topological polar surface area (TPSA) is 92.4 Å². The number of sulfone groups is 1. The summed E-state index contributed by atoms with van der Waals surface area (Å²) >= 11 is 1.59. The zero-order valence-corrected chi connectivity index (χ0v) is 21.4. The van der Waals surface area contributed by atoms with Crippen LogP contribution in [0.4, 0.5) is 4.39 Å². The number of nitrogens with one attached hydrogen (secondary N) is 1. The number of thiophene rings is 1. The molecule has 0 unspecified atom stereocenters. The van der Waals surface area contributed by atoms with Crippen LogP contribution in [0.25, 0.3) is 21.8 Å². The number of H-pyrrole nitrogens is 1. The average molecular weight is 526 g/mol. The summed E-state index contributed by atoms with van der Waals surface area (Å²) in [6, 6.07) is 10.5. The number of ether oxygens (including phenoxy) is 1. The van der Waals surface area contributed by atoms with Crippen molar-refractivity contribution in [3.63, 3.8) is 0 Å². The van der Waals surface area contributed by atoms with Gasteiger partial charge in [0, 0.05) is 41.9 Å². The van der Waals surface area contributed by atoms with E-state index in [1.807, 2.05) is 18.2 Å². The van der Waals surface area contributed by atoms with Gasteiger partial charge >= 0.3 is 0 Å². The molecule has 7 nitrogen and oxygen atoms in total. The molecular formula is C26H24FN3O4S2. The SMILES string of the molecule is CCc1c(C(=O)N2CCOc3ccc(-c4csc(-c5ncc[nH]5)c4)cc3C2)ccc(S(C)(=O)=O)c1F. The predicted octanol–water partition coefficient (Wildman–Crippen LogP) is 4.95. The summed E-state index contributed by atoms with van der Waals surface area (Å²) in [6.45, 7) is 2.61. The Morgan fingerprint density at radius 1 is 1.22 bits per heavy atom. The number of hydrogen-bond donors (Lipinski definition) is 1. The Hall–Kier alpha value is -3.50. The minimum absolute atomic E-state index is 0.103. The molecule has 0 radical (unpaired) electrons. The number of amides is 1. The smallest absolute Gasteiger partial charge is 0.254 e. The summed E-state index contributed by atoms with van der Waals surface area (Å²) in [4.78, 5) is 23.1. The van der Waals surface area contributed by atoms with Crippen molar-refractivity contribution in [2.45, 2.75) is 24.8 Å². The molecule has 0 atom stereocenters. The number of halogens is 1. The summed E-state index contributed by atoms with van der Waals surface area (Å²) < 4.78 is 44.8. The summed E-state index contributed by atoms with van der Waals surface area (Å²) in [5.41, 5.74) is 3.13. The molecular weight excluding hydrogens is 501 g/mol. The molecule has 0 bridgehead atoms. The second-order valence-electron chi connectivity index (χ2n) is 8.56. The van der Waals surface area contributed by atoms with Crippen LogP contribution in [0.2, 0.25) is 0 Å². The van der Waals surface area contributed by atoms with E-state index < -0.39 is 20.5 Å². The normalized spacial score (nSPS) is 13.7. The van der Waals surface area contributed by atoms with E-state index in [-0.39, 0.29) is 30.0 Å². The van der Waals surface area contributed by atoms with Crippen LogP contribution in [0.1, 0.15) is 28.4 Å². The number of benzene rings is 2. The largest absolute Gasteiger partial charge is 0.491 e. The van der Waals surface area contributed by atoms with Crippen molar-refractivity contribution in [3.8, 4) is 27.6 Å². The Labute approximate surface area is 212 Å². The Balaban J connectivity index is 1.45. The van der Waals surface area contributed by atoms with Gasteiger partial charge in [-0.3, -0.25) is 4.79 Å². The Morgan fingerprint density at radius 2 is 2.06 bits per heavy atom. The van der Waals surface area contributed by atoms with E-state index in [9.17, 15) is 13.2 Å². The summed E-state index contributed by atoms with van der Waals surface area (Å²) in [5, 5.41) is 2.06. The van der Waals surface area contributed by atoms with E-state index in [2.05, 4.69) is 21.4 Å². The molecule has 10 heteroatoms. The third-order valence-electron chi connectivity index (χ3n) is 6.18. The van der Waals surface area contributed by atoms with Crippen LogP contribution in [0, 0.1) is 5.82 Å². The summed E-state index contributed by atoms with van der Waals surface area (Å²) in [5.74, 6) is 0.291. The van der Waals surface area contributed by atoms with E-state index in [1.54, 1.807) is 35.6 Å². The Bertz CT molecular complexity index is 1550. The average Bonchev–Trinajstić information content (AvgIpc) is 3.51. The van der Waals surface area contributed by atoms with Crippen LogP contribution < -0.4 is 4.74 Å². The van der Waals surface area contributed by atoms with Gasteiger partial charge in [-0.25, -0.2) is 17.8 Å². The van der Waals surface area contributed by atoms with Crippen LogP contribution >= 0.6 is 11.3 Å². The van der Waals surface area contributed by atoms with Gasteiger partial charge in [-0.05, 0) is 53.3 Å². The molecule has 1 amide bonds. The third-order valence-corrected chi connectivity index (χ3v) is 8.23. The van der Waals surface area contributed by atoms with Crippen molar-refractivity contribution in [1.29, 1.82) is 0 Å². The number of aromatic nitrogens is 2. The van der Waals surface area contributed by atoms with Crippen LogP contribution in [0.3, 0.4) is 0 Å². The molecule has 1 aliphatic rings. The maximum Gasteiger partial charge on any atom is 0.254 e. The lowest BCUT2D eigenvalue weighted by Crippen LogP contribution is -2.33. The second kappa shape index (κ2) is 9.51. The lowest BCUT2D eigenvalue weighted by Gasteiger charge is -2.22. The highest BCUT2D eigenvalue weighted by molar-refractivity contribution is 7.90.